The van der Waals surface area contributed by atoms with Crippen LogP contribution in [0.15, 0.2) is 50.6 Å². The standard InChI is InChI=1S/C18H27N3O4.HI/c1-3-19-17(21-14-18(2,22)16-8-5-12-25-16)20-9-6-10-23-13-15-7-4-11-24-15;/h4-5,7-8,11-12,22H,3,6,9-10,13-14H2,1-2H3,(H2,19,20,21);1H. The molecular formula is C18H28IN3O4. The van der Waals surface area contributed by atoms with Crippen LogP contribution >= 0.6 is 24.0 Å². The summed E-state index contributed by atoms with van der Waals surface area (Å²) in [4.78, 5) is 4.43. The molecule has 0 amide bonds. The molecule has 3 N–H and O–H groups in total. The molecule has 2 rings (SSSR count). The third-order valence-electron chi connectivity index (χ3n) is 3.52. The number of hydrogen-bond donors (Lipinski definition) is 3. The fourth-order valence-corrected chi connectivity index (χ4v) is 2.19. The second-order valence-corrected chi connectivity index (χ2v) is 5.86. The Labute approximate surface area is 171 Å². The highest BCUT2D eigenvalue weighted by atomic mass is 127. The third kappa shape index (κ3) is 7.79. The second kappa shape index (κ2) is 12.0. The van der Waals surface area contributed by atoms with Gasteiger partial charge in [-0.3, -0.25) is 0 Å². The highest BCUT2D eigenvalue weighted by Gasteiger charge is 2.25. The first-order valence-corrected chi connectivity index (χ1v) is 8.50. The van der Waals surface area contributed by atoms with E-state index in [4.69, 9.17) is 13.6 Å². The molecule has 8 heteroatoms. The summed E-state index contributed by atoms with van der Waals surface area (Å²) in [6.45, 7) is 6.43. The summed E-state index contributed by atoms with van der Waals surface area (Å²) in [5.74, 6) is 1.97. The Hall–Kier alpha value is -1.52. The van der Waals surface area contributed by atoms with E-state index in [2.05, 4.69) is 15.6 Å². The van der Waals surface area contributed by atoms with E-state index in [1.165, 1.54) is 0 Å². The largest absolute Gasteiger partial charge is 0.467 e. The minimum absolute atomic E-state index is 0. The Bertz CT molecular complexity index is 612. The van der Waals surface area contributed by atoms with Crippen LogP contribution in [-0.2, 0) is 16.9 Å². The quantitative estimate of drug-likeness (QED) is 0.211. The normalized spacial score (nSPS) is 13.7. The molecule has 0 saturated carbocycles. The smallest absolute Gasteiger partial charge is 0.191 e. The van der Waals surface area contributed by atoms with Gasteiger partial charge in [0.1, 0.15) is 23.7 Å². The van der Waals surface area contributed by atoms with Crippen molar-refractivity contribution < 1.29 is 18.7 Å². The monoisotopic (exact) mass is 477 g/mol. The molecule has 0 fully saturated rings. The van der Waals surface area contributed by atoms with Crippen molar-refractivity contribution in [1.82, 2.24) is 10.6 Å². The van der Waals surface area contributed by atoms with Gasteiger partial charge in [0, 0.05) is 19.7 Å². The van der Waals surface area contributed by atoms with Gasteiger partial charge in [0.15, 0.2) is 5.96 Å². The zero-order valence-corrected chi connectivity index (χ0v) is 17.6. The van der Waals surface area contributed by atoms with Crippen molar-refractivity contribution in [2.45, 2.75) is 32.5 Å². The number of nitrogens with one attached hydrogen (secondary N) is 2. The molecule has 0 radical (unpaired) electrons. The van der Waals surface area contributed by atoms with Gasteiger partial charge in [0.25, 0.3) is 0 Å². The number of rotatable bonds is 10. The highest BCUT2D eigenvalue weighted by Crippen LogP contribution is 2.20. The summed E-state index contributed by atoms with van der Waals surface area (Å²) in [5, 5.41) is 16.8. The summed E-state index contributed by atoms with van der Waals surface area (Å²) in [5.41, 5.74) is -1.14. The lowest BCUT2D eigenvalue weighted by atomic mass is 10.0. The topological polar surface area (TPSA) is 92.2 Å². The molecule has 1 atom stereocenters. The summed E-state index contributed by atoms with van der Waals surface area (Å²) < 4.78 is 16.0. The van der Waals surface area contributed by atoms with Crippen LogP contribution in [0.3, 0.4) is 0 Å². The lowest BCUT2D eigenvalue weighted by molar-refractivity contribution is 0.0437. The molecule has 0 spiro atoms. The van der Waals surface area contributed by atoms with Gasteiger partial charge in [0.2, 0.25) is 0 Å². The molecule has 0 aliphatic carbocycles. The molecule has 2 heterocycles. The molecule has 0 aromatic carbocycles. The Balaban J connectivity index is 0.00000338. The van der Waals surface area contributed by atoms with Crippen LogP contribution in [0.4, 0.5) is 0 Å². The molecule has 0 saturated heterocycles. The summed E-state index contributed by atoms with van der Waals surface area (Å²) in [7, 11) is 0. The van der Waals surface area contributed by atoms with Crippen LogP contribution in [0.25, 0.3) is 0 Å². The summed E-state index contributed by atoms with van der Waals surface area (Å²) in [6, 6.07) is 7.22. The van der Waals surface area contributed by atoms with E-state index >= 15 is 0 Å². The van der Waals surface area contributed by atoms with E-state index in [9.17, 15) is 5.11 Å². The van der Waals surface area contributed by atoms with Gasteiger partial charge in [-0.2, -0.15) is 0 Å². The number of aliphatic hydroxyl groups is 1. The second-order valence-electron chi connectivity index (χ2n) is 5.86. The first-order valence-electron chi connectivity index (χ1n) is 8.50. The van der Waals surface area contributed by atoms with Crippen LogP contribution in [0.2, 0.25) is 0 Å². The molecular weight excluding hydrogens is 449 g/mol. The molecule has 2 aromatic rings. The fraction of sp³-hybridized carbons (Fsp3) is 0.500. The Morgan fingerprint density at radius 1 is 1.23 bits per heavy atom. The lowest BCUT2D eigenvalue weighted by Gasteiger charge is -2.19. The van der Waals surface area contributed by atoms with Gasteiger partial charge < -0.3 is 29.3 Å². The number of halogens is 1. The first kappa shape index (κ1) is 22.5. The Morgan fingerprint density at radius 2 is 2.00 bits per heavy atom. The minimum atomic E-state index is -1.14. The highest BCUT2D eigenvalue weighted by molar-refractivity contribution is 14.0. The predicted molar refractivity (Wildman–Crippen MR) is 111 cm³/mol. The molecule has 1 unspecified atom stereocenters. The number of aliphatic imine (C=N–C) groups is 1. The van der Waals surface area contributed by atoms with Gasteiger partial charge in [0.05, 0.1) is 19.1 Å². The Morgan fingerprint density at radius 3 is 2.65 bits per heavy atom. The van der Waals surface area contributed by atoms with Crippen molar-refractivity contribution in [2.24, 2.45) is 4.99 Å². The summed E-state index contributed by atoms with van der Waals surface area (Å²) in [6.07, 6.45) is 4.01. The lowest BCUT2D eigenvalue weighted by Crippen LogP contribution is -2.39. The molecule has 26 heavy (non-hydrogen) atoms. The van der Waals surface area contributed by atoms with Crippen molar-refractivity contribution >= 4 is 29.9 Å². The number of nitrogens with zero attached hydrogens (tertiary/aromatic N) is 1. The van der Waals surface area contributed by atoms with E-state index in [0.29, 0.717) is 31.5 Å². The van der Waals surface area contributed by atoms with Crippen molar-refractivity contribution in [1.29, 1.82) is 0 Å². The zero-order chi connectivity index (χ0) is 18.0. The van der Waals surface area contributed by atoms with Crippen molar-refractivity contribution in [3.05, 3.63) is 48.3 Å². The zero-order valence-electron chi connectivity index (χ0n) is 15.2. The maximum atomic E-state index is 10.4. The van der Waals surface area contributed by atoms with Crippen LogP contribution in [0.5, 0.6) is 0 Å². The average Bonchev–Trinajstić information content (AvgIpc) is 3.29. The number of furan rings is 2. The van der Waals surface area contributed by atoms with E-state index in [1.807, 2.05) is 19.1 Å². The van der Waals surface area contributed by atoms with Crippen LogP contribution in [0, 0.1) is 0 Å². The van der Waals surface area contributed by atoms with Crippen LogP contribution in [0.1, 0.15) is 31.8 Å². The number of hydrogen-bond acceptors (Lipinski definition) is 5. The van der Waals surface area contributed by atoms with Crippen molar-refractivity contribution in [3.63, 3.8) is 0 Å². The van der Waals surface area contributed by atoms with Crippen LogP contribution in [-0.4, -0.2) is 37.3 Å². The van der Waals surface area contributed by atoms with E-state index in [-0.39, 0.29) is 30.5 Å². The van der Waals surface area contributed by atoms with E-state index in [0.717, 1.165) is 18.7 Å². The Kier molecular flexibility index (Phi) is 10.4. The van der Waals surface area contributed by atoms with Gasteiger partial charge in [-0.25, -0.2) is 4.99 Å². The van der Waals surface area contributed by atoms with Crippen LogP contribution < -0.4 is 10.6 Å². The van der Waals surface area contributed by atoms with Crippen molar-refractivity contribution in [2.75, 3.05) is 26.2 Å². The molecule has 0 aliphatic heterocycles. The van der Waals surface area contributed by atoms with Gasteiger partial charge >= 0.3 is 0 Å². The van der Waals surface area contributed by atoms with Crippen molar-refractivity contribution in [3.8, 4) is 0 Å². The summed E-state index contributed by atoms with van der Waals surface area (Å²) >= 11 is 0. The van der Waals surface area contributed by atoms with E-state index in [1.54, 1.807) is 31.6 Å². The number of ether oxygens (including phenoxy) is 1. The SMILES string of the molecule is CCNC(=NCC(C)(O)c1ccco1)NCCCOCc1ccco1.I. The molecule has 7 nitrogen and oxygen atoms in total. The van der Waals surface area contributed by atoms with E-state index < -0.39 is 5.60 Å². The molecule has 0 bridgehead atoms. The predicted octanol–water partition coefficient (Wildman–Crippen LogP) is 2.86. The third-order valence-corrected chi connectivity index (χ3v) is 3.52. The fourth-order valence-electron chi connectivity index (χ4n) is 2.19. The molecule has 146 valence electrons. The number of guanidine groups is 1. The first-order chi connectivity index (χ1) is 12.1. The molecule has 0 aliphatic rings. The van der Waals surface area contributed by atoms with Gasteiger partial charge in [-0.1, -0.05) is 0 Å². The van der Waals surface area contributed by atoms with Gasteiger partial charge in [-0.05, 0) is 44.5 Å². The molecule has 2 aromatic heterocycles. The van der Waals surface area contributed by atoms with Gasteiger partial charge in [-0.15, -0.1) is 24.0 Å². The average molecular weight is 477 g/mol. The minimum Gasteiger partial charge on any atom is -0.467 e. The maximum Gasteiger partial charge on any atom is 0.191 e. The maximum absolute atomic E-state index is 10.4.